The zero-order valence-electron chi connectivity index (χ0n) is 24.5. The number of nitrogen functional groups attached to an aromatic ring is 1. The summed E-state index contributed by atoms with van der Waals surface area (Å²) in [5.74, 6) is -4.36. The number of esters is 1. The van der Waals surface area contributed by atoms with Gasteiger partial charge in [0.05, 0.1) is 17.8 Å². The third-order valence-corrected chi connectivity index (χ3v) is 5.96. The molecule has 1 aromatic heterocycles. The van der Waals surface area contributed by atoms with Gasteiger partial charge in [0.25, 0.3) is 5.56 Å². The maximum atomic E-state index is 15.3. The molecule has 0 unspecified atom stereocenters. The van der Waals surface area contributed by atoms with E-state index in [0.29, 0.717) is 4.57 Å². The molecule has 3 aromatic rings. The average molecular weight is 588 g/mol. The largest absolute Gasteiger partial charge is 0.459 e. The van der Waals surface area contributed by atoms with Crippen molar-refractivity contribution in [2.24, 2.45) is 0 Å². The molecule has 0 bridgehead atoms. The first kappa shape index (κ1) is 32.6. The van der Waals surface area contributed by atoms with Crippen LogP contribution in [0.2, 0.25) is 0 Å². The molecule has 0 saturated heterocycles. The van der Waals surface area contributed by atoms with E-state index in [0.717, 1.165) is 36.4 Å². The minimum absolute atomic E-state index is 0.0231. The van der Waals surface area contributed by atoms with Gasteiger partial charge in [0.2, 0.25) is 0 Å². The molecule has 0 fully saturated rings. The summed E-state index contributed by atoms with van der Waals surface area (Å²) in [4.78, 5) is 38.3. The predicted octanol–water partition coefficient (Wildman–Crippen LogP) is 4.73. The highest BCUT2D eigenvalue weighted by atomic mass is 19.1. The van der Waals surface area contributed by atoms with Crippen LogP contribution in [0.25, 0.3) is 5.69 Å². The maximum Gasteiger partial charge on any atom is 0.326 e. The van der Waals surface area contributed by atoms with E-state index in [1.165, 1.54) is 12.1 Å². The Morgan fingerprint density at radius 3 is 2.07 bits per heavy atom. The van der Waals surface area contributed by atoms with Gasteiger partial charge in [-0.1, -0.05) is 0 Å². The number of hydrogen-bond donors (Lipinski definition) is 2. The summed E-state index contributed by atoms with van der Waals surface area (Å²) in [7, 11) is 0. The number of rotatable bonds is 10. The molecule has 0 aliphatic heterocycles. The molecule has 0 radical (unpaired) electrons. The number of hydrogen-bond acceptors (Lipinski definition) is 7. The molecule has 0 spiro atoms. The third kappa shape index (κ3) is 8.53. The zero-order chi connectivity index (χ0) is 31.4. The van der Waals surface area contributed by atoms with Crippen molar-refractivity contribution < 1.29 is 32.2 Å². The Morgan fingerprint density at radius 2 is 1.52 bits per heavy atom. The number of benzene rings is 2. The molecular weight excluding hydrogens is 551 g/mol. The number of anilines is 1. The van der Waals surface area contributed by atoms with Gasteiger partial charge in [0.1, 0.15) is 29.0 Å². The van der Waals surface area contributed by atoms with Crippen LogP contribution >= 0.6 is 0 Å². The van der Waals surface area contributed by atoms with Crippen LogP contribution in [0.4, 0.5) is 19.0 Å². The number of ketones is 1. The lowest BCUT2D eigenvalue weighted by molar-refractivity contribution is -0.160. The van der Waals surface area contributed by atoms with Gasteiger partial charge in [-0.05, 0) is 96.0 Å². The molecule has 226 valence electrons. The fourth-order valence-electron chi connectivity index (χ4n) is 4.02. The van der Waals surface area contributed by atoms with Crippen LogP contribution in [0.15, 0.2) is 53.3 Å². The van der Waals surface area contributed by atoms with Gasteiger partial charge in [-0.25, -0.2) is 13.2 Å². The third-order valence-electron chi connectivity index (χ3n) is 5.96. The summed E-state index contributed by atoms with van der Waals surface area (Å²) in [6.07, 6.45) is 0.121. The standard InChI is InChI=1S/C31H36F3N3O5/c1-30(2,3)41-17-24(29(40)42-31(4,5)6)36-14-13-18-15-22(33)26(23(34)16-18)37-25(38)12-11-21(28(37)35)27(39)19-7-9-20(32)10-8-19/h7-12,15-16,24,36H,13-14,17,35H2,1-6H3/t24-/m0/s1. The van der Waals surface area contributed by atoms with Crippen molar-refractivity contribution in [3.63, 3.8) is 0 Å². The van der Waals surface area contributed by atoms with Crippen molar-refractivity contribution in [3.8, 4) is 5.69 Å². The molecule has 0 aliphatic carbocycles. The lowest BCUT2D eigenvalue weighted by Gasteiger charge is -2.27. The maximum absolute atomic E-state index is 15.3. The first-order valence-electron chi connectivity index (χ1n) is 13.4. The van der Waals surface area contributed by atoms with Crippen LogP contribution in [0, 0.1) is 17.5 Å². The normalized spacial score (nSPS) is 12.7. The number of carbonyl (C=O) groups is 2. The monoisotopic (exact) mass is 587 g/mol. The van der Waals surface area contributed by atoms with Crippen LogP contribution in [-0.4, -0.2) is 46.7 Å². The molecule has 0 amide bonds. The van der Waals surface area contributed by atoms with E-state index in [9.17, 15) is 18.8 Å². The molecule has 1 heterocycles. The minimum atomic E-state index is -1.08. The Kier molecular flexibility index (Phi) is 10.0. The van der Waals surface area contributed by atoms with Crippen molar-refractivity contribution in [2.45, 2.75) is 65.2 Å². The van der Waals surface area contributed by atoms with Gasteiger partial charge < -0.3 is 20.5 Å². The van der Waals surface area contributed by atoms with Crippen LogP contribution in [-0.2, 0) is 20.7 Å². The molecule has 3 N–H and O–H groups in total. The summed E-state index contributed by atoms with van der Waals surface area (Å²) < 4.78 is 55.7. The van der Waals surface area contributed by atoms with E-state index in [4.69, 9.17) is 15.2 Å². The van der Waals surface area contributed by atoms with Gasteiger partial charge in [0.15, 0.2) is 17.4 Å². The summed E-state index contributed by atoms with van der Waals surface area (Å²) in [5.41, 5.74) is 3.39. The van der Waals surface area contributed by atoms with Gasteiger partial charge >= 0.3 is 5.97 Å². The van der Waals surface area contributed by atoms with Crippen LogP contribution in [0.1, 0.15) is 63.0 Å². The lowest BCUT2D eigenvalue weighted by Crippen LogP contribution is -2.46. The highest BCUT2D eigenvalue weighted by molar-refractivity contribution is 6.11. The quantitative estimate of drug-likeness (QED) is 0.261. The van der Waals surface area contributed by atoms with E-state index in [1.807, 2.05) is 20.8 Å². The van der Waals surface area contributed by atoms with Crippen molar-refractivity contribution in [1.29, 1.82) is 0 Å². The van der Waals surface area contributed by atoms with E-state index in [1.54, 1.807) is 20.8 Å². The fourth-order valence-corrected chi connectivity index (χ4v) is 4.02. The second-order valence-electron chi connectivity index (χ2n) is 11.8. The Bertz CT molecular complexity index is 1480. The zero-order valence-corrected chi connectivity index (χ0v) is 24.5. The molecule has 3 rings (SSSR count). The SMILES string of the molecule is CC(C)(C)OC[C@H](NCCc1cc(F)c(-n2c(N)c(C(=O)c3ccc(F)cc3)ccc2=O)c(F)c1)C(=O)OC(C)(C)C. The van der Waals surface area contributed by atoms with Gasteiger partial charge in [0, 0.05) is 18.2 Å². The average Bonchev–Trinajstić information content (AvgIpc) is 2.86. The lowest BCUT2D eigenvalue weighted by atomic mass is 10.0. The molecule has 2 aromatic carbocycles. The molecule has 0 saturated carbocycles. The van der Waals surface area contributed by atoms with Crippen molar-refractivity contribution in [2.75, 3.05) is 18.9 Å². The summed E-state index contributed by atoms with van der Waals surface area (Å²) in [6, 6.07) is 8.04. The highest BCUT2D eigenvalue weighted by Crippen LogP contribution is 2.24. The van der Waals surface area contributed by atoms with Gasteiger partial charge in [-0.15, -0.1) is 0 Å². The van der Waals surface area contributed by atoms with E-state index >= 15 is 8.78 Å². The second kappa shape index (κ2) is 12.9. The van der Waals surface area contributed by atoms with E-state index < -0.39 is 63.5 Å². The number of nitrogens with two attached hydrogens (primary N) is 1. The predicted molar refractivity (Wildman–Crippen MR) is 153 cm³/mol. The smallest absolute Gasteiger partial charge is 0.326 e. The molecule has 11 heteroatoms. The Labute approximate surface area is 242 Å². The Balaban J connectivity index is 1.83. The van der Waals surface area contributed by atoms with Crippen LogP contribution in [0.3, 0.4) is 0 Å². The first-order chi connectivity index (χ1) is 19.5. The van der Waals surface area contributed by atoms with Gasteiger partial charge in [-0.3, -0.25) is 19.0 Å². The number of pyridine rings is 1. The number of nitrogens with zero attached hydrogens (tertiary/aromatic N) is 1. The fraction of sp³-hybridized carbons (Fsp3) is 0.387. The van der Waals surface area contributed by atoms with Crippen molar-refractivity contribution >= 4 is 17.6 Å². The second-order valence-corrected chi connectivity index (χ2v) is 11.8. The van der Waals surface area contributed by atoms with E-state index in [2.05, 4.69) is 5.32 Å². The minimum Gasteiger partial charge on any atom is -0.459 e. The highest BCUT2D eigenvalue weighted by Gasteiger charge is 2.27. The number of halogens is 3. The molecule has 8 nitrogen and oxygen atoms in total. The van der Waals surface area contributed by atoms with Crippen molar-refractivity contribution in [3.05, 3.63) is 93.0 Å². The van der Waals surface area contributed by atoms with Crippen LogP contribution < -0.4 is 16.6 Å². The number of aromatic nitrogens is 1. The molecular formula is C31H36F3N3O5. The number of carbonyl (C=O) groups excluding carboxylic acids is 2. The van der Waals surface area contributed by atoms with Crippen LogP contribution in [0.5, 0.6) is 0 Å². The summed E-state index contributed by atoms with van der Waals surface area (Å²) in [5, 5.41) is 3.02. The molecule has 42 heavy (non-hydrogen) atoms. The number of nitrogens with one attached hydrogen (secondary N) is 1. The van der Waals surface area contributed by atoms with E-state index in [-0.39, 0.29) is 36.3 Å². The first-order valence-corrected chi connectivity index (χ1v) is 13.4. The topological polar surface area (TPSA) is 113 Å². The number of ether oxygens (including phenoxy) is 2. The Hall–Kier alpha value is -3.96. The summed E-state index contributed by atoms with van der Waals surface area (Å²) in [6.45, 7) is 10.9. The van der Waals surface area contributed by atoms with Gasteiger partial charge in [-0.2, -0.15) is 0 Å². The summed E-state index contributed by atoms with van der Waals surface area (Å²) >= 11 is 0. The Morgan fingerprint density at radius 1 is 0.929 bits per heavy atom. The van der Waals surface area contributed by atoms with Crippen molar-refractivity contribution in [1.82, 2.24) is 9.88 Å². The molecule has 0 aliphatic rings. The molecule has 1 atom stereocenters.